The molecule has 0 aromatic rings. The Morgan fingerprint density at radius 1 is 0.757 bits per heavy atom. The van der Waals surface area contributed by atoms with Gasteiger partial charge in [-0.2, -0.15) is 8.42 Å². The lowest BCUT2D eigenvalue weighted by molar-refractivity contribution is -0.136. The van der Waals surface area contributed by atoms with Crippen LogP contribution in [0.1, 0.15) is 74.7 Å². The molecule has 37 heavy (non-hydrogen) atoms. The summed E-state index contributed by atoms with van der Waals surface area (Å²) in [6.45, 7) is 13.3. The van der Waals surface area contributed by atoms with Crippen LogP contribution in [0.3, 0.4) is 0 Å². The molecule has 216 valence electrons. The first-order chi connectivity index (χ1) is 16.9. The third kappa shape index (κ3) is 13.2. The van der Waals surface area contributed by atoms with Gasteiger partial charge in [0.25, 0.3) is 0 Å². The van der Waals surface area contributed by atoms with Gasteiger partial charge >= 0.3 is 10.2 Å². The second kappa shape index (κ2) is 15.9. The van der Waals surface area contributed by atoms with Crippen molar-refractivity contribution in [1.82, 2.24) is 21.3 Å². The maximum atomic E-state index is 13.3. The summed E-state index contributed by atoms with van der Waals surface area (Å²) in [5, 5.41) is 20.3. The molecule has 0 saturated heterocycles. The van der Waals surface area contributed by atoms with Crippen molar-refractivity contribution in [3.05, 3.63) is 0 Å². The van der Waals surface area contributed by atoms with Gasteiger partial charge in [0.1, 0.15) is 23.9 Å². The molecule has 0 heterocycles. The molecule has 0 aromatic heterocycles. The van der Waals surface area contributed by atoms with Crippen molar-refractivity contribution in [2.75, 3.05) is 5.75 Å². The number of carbonyl (C=O) groups excluding carboxylic acids is 4. The Hall–Kier alpha value is -2.28. The number of hydrogen-bond donors (Lipinski definition) is 5. The summed E-state index contributed by atoms with van der Waals surface area (Å²) < 4.78 is 35.7. The van der Waals surface area contributed by atoms with E-state index in [1.165, 1.54) is 13.8 Å². The van der Waals surface area contributed by atoms with Crippen LogP contribution in [0.2, 0.25) is 0 Å². The highest BCUT2D eigenvalue weighted by atomic mass is 32.3. The van der Waals surface area contributed by atoms with E-state index in [9.17, 15) is 36.6 Å². The van der Waals surface area contributed by atoms with Gasteiger partial charge in [0.2, 0.25) is 23.6 Å². The average molecular weight is 553 g/mol. The van der Waals surface area contributed by atoms with Gasteiger partial charge in [0, 0.05) is 13.0 Å². The third-order valence-corrected chi connectivity index (χ3v) is 7.01. The number of aliphatic hydroxyl groups is 1. The molecule has 0 aromatic carbocycles. The Kier molecular flexibility index (Phi) is 14.9. The van der Waals surface area contributed by atoms with Gasteiger partial charge in [-0.25, -0.2) is 0 Å². The van der Waals surface area contributed by atoms with Gasteiger partial charge < -0.3 is 26.4 Å². The zero-order valence-electron chi connectivity index (χ0n) is 23.1. The van der Waals surface area contributed by atoms with E-state index in [4.69, 9.17) is 0 Å². The first-order valence-corrected chi connectivity index (χ1v) is 14.3. The lowest BCUT2D eigenvalue weighted by Gasteiger charge is -2.30. The van der Waals surface area contributed by atoms with Crippen molar-refractivity contribution >= 4 is 33.9 Å². The predicted octanol–water partition coefficient (Wildman–Crippen LogP) is 0.764. The van der Waals surface area contributed by atoms with Crippen LogP contribution in [0, 0.1) is 17.8 Å². The molecule has 0 aliphatic carbocycles. The first kappa shape index (κ1) is 34.7. The SMILES string of the molecule is CCC(C)[C@H](NC(C)=O)C(=O)N[C@H](C(=O)N[C@H](C(=O)N[C@@H](CC(C)C)CS(=O)(=O)F)C(C)O)C(C)CC. The maximum Gasteiger partial charge on any atom is 0.304 e. The van der Waals surface area contributed by atoms with E-state index in [1.54, 1.807) is 27.7 Å². The summed E-state index contributed by atoms with van der Waals surface area (Å²) >= 11 is 0. The highest BCUT2D eigenvalue weighted by Crippen LogP contribution is 2.13. The van der Waals surface area contributed by atoms with E-state index in [0.717, 1.165) is 0 Å². The van der Waals surface area contributed by atoms with E-state index in [0.29, 0.717) is 12.8 Å². The fourth-order valence-corrected chi connectivity index (χ4v) is 4.48. The third-order valence-electron chi connectivity index (χ3n) is 6.21. The molecule has 0 spiro atoms. The topological polar surface area (TPSA) is 171 Å². The molecule has 0 fully saturated rings. The molecule has 0 rings (SSSR count). The molecule has 3 unspecified atom stereocenters. The molecular formula is C24H45FN4O7S. The lowest BCUT2D eigenvalue weighted by atomic mass is 9.94. The fourth-order valence-electron chi connectivity index (χ4n) is 3.78. The number of hydrogen-bond acceptors (Lipinski definition) is 7. The number of rotatable bonds is 16. The minimum absolute atomic E-state index is 0.0706. The van der Waals surface area contributed by atoms with Crippen molar-refractivity contribution in [1.29, 1.82) is 0 Å². The number of carbonyl (C=O) groups is 4. The molecule has 0 radical (unpaired) electrons. The Labute approximate surface area is 220 Å². The standard InChI is InChI=1S/C24H45FN4O7S/c1-9-14(5)19(26-17(8)31)22(32)28-20(15(6)10-2)23(33)29-21(16(7)30)24(34)27-18(11-13(3)4)12-37(25,35)36/h13-16,18-21,30H,9-12H2,1-8H3,(H,26,31)(H,27,34)(H,28,32)(H,29,33)/t14?,15?,16?,18-,19-,20-,21-/m0/s1. The minimum Gasteiger partial charge on any atom is -0.391 e. The van der Waals surface area contributed by atoms with Crippen molar-refractivity contribution in [2.24, 2.45) is 17.8 Å². The first-order valence-electron chi connectivity index (χ1n) is 12.7. The van der Waals surface area contributed by atoms with Gasteiger partial charge in [0.15, 0.2) is 0 Å². The molecule has 0 aliphatic heterocycles. The van der Waals surface area contributed by atoms with Crippen molar-refractivity contribution < 1.29 is 36.6 Å². The molecule has 13 heteroatoms. The van der Waals surface area contributed by atoms with E-state index < -0.39 is 69.9 Å². The van der Waals surface area contributed by atoms with Gasteiger partial charge in [-0.3, -0.25) is 19.2 Å². The van der Waals surface area contributed by atoms with Crippen LogP contribution in [-0.4, -0.2) is 73.2 Å². The summed E-state index contributed by atoms with van der Waals surface area (Å²) in [7, 11) is -4.89. The van der Waals surface area contributed by atoms with Crippen LogP contribution in [-0.2, 0) is 29.4 Å². The maximum absolute atomic E-state index is 13.3. The number of halogens is 1. The normalized spacial score (nSPS) is 17.5. The van der Waals surface area contributed by atoms with E-state index >= 15 is 0 Å². The molecule has 0 saturated carbocycles. The molecule has 7 atom stereocenters. The highest BCUT2D eigenvalue weighted by Gasteiger charge is 2.35. The molecule has 5 N–H and O–H groups in total. The van der Waals surface area contributed by atoms with Crippen molar-refractivity contribution in [3.63, 3.8) is 0 Å². The quantitative estimate of drug-likeness (QED) is 0.176. The Morgan fingerprint density at radius 2 is 1.16 bits per heavy atom. The van der Waals surface area contributed by atoms with Crippen LogP contribution in [0.5, 0.6) is 0 Å². The van der Waals surface area contributed by atoms with E-state index in [2.05, 4.69) is 21.3 Å². The van der Waals surface area contributed by atoms with Crippen LogP contribution < -0.4 is 21.3 Å². The smallest absolute Gasteiger partial charge is 0.304 e. The fraction of sp³-hybridized carbons (Fsp3) is 0.833. The highest BCUT2D eigenvalue weighted by molar-refractivity contribution is 7.86. The molecule has 11 nitrogen and oxygen atoms in total. The zero-order chi connectivity index (χ0) is 29.1. The number of aliphatic hydroxyl groups excluding tert-OH is 1. The van der Waals surface area contributed by atoms with Crippen LogP contribution in [0.15, 0.2) is 0 Å². The van der Waals surface area contributed by atoms with Crippen LogP contribution in [0.4, 0.5) is 3.89 Å². The van der Waals surface area contributed by atoms with E-state index in [-0.39, 0.29) is 24.2 Å². The largest absolute Gasteiger partial charge is 0.391 e. The summed E-state index contributed by atoms with van der Waals surface area (Å²) in [6, 6.07) is -4.53. The summed E-state index contributed by atoms with van der Waals surface area (Å²) in [5.41, 5.74) is 0. The second-order valence-electron chi connectivity index (χ2n) is 10.2. The van der Waals surface area contributed by atoms with Gasteiger partial charge in [-0.15, -0.1) is 3.89 Å². The molecule has 4 amide bonds. The molecule has 0 aliphatic rings. The Balaban J connectivity index is 5.81. The second-order valence-corrected chi connectivity index (χ2v) is 11.6. The summed E-state index contributed by atoms with van der Waals surface area (Å²) in [6.07, 6.45) is -0.148. The van der Waals surface area contributed by atoms with Gasteiger partial charge in [0.05, 0.1) is 6.10 Å². The summed E-state index contributed by atoms with van der Waals surface area (Å²) in [4.78, 5) is 50.8. The van der Waals surface area contributed by atoms with Crippen molar-refractivity contribution in [3.8, 4) is 0 Å². The average Bonchev–Trinajstić information content (AvgIpc) is 2.75. The lowest BCUT2D eigenvalue weighted by Crippen LogP contribution is -2.61. The number of nitrogens with one attached hydrogen (secondary N) is 4. The van der Waals surface area contributed by atoms with Gasteiger partial charge in [-0.1, -0.05) is 54.4 Å². The molecular weight excluding hydrogens is 507 g/mol. The molecule has 0 bridgehead atoms. The Bertz CT molecular complexity index is 882. The van der Waals surface area contributed by atoms with E-state index in [1.807, 2.05) is 13.8 Å². The zero-order valence-corrected chi connectivity index (χ0v) is 23.9. The van der Waals surface area contributed by atoms with Crippen LogP contribution >= 0.6 is 0 Å². The van der Waals surface area contributed by atoms with Crippen LogP contribution in [0.25, 0.3) is 0 Å². The summed E-state index contributed by atoms with van der Waals surface area (Å²) in [5.74, 6) is -4.19. The predicted molar refractivity (Wildman–Crippen MR) is 138 cm³/mol. The minimum atomic E-state index is -4.89. The number of amides is 4. The van der Waals surface area contributed by atoms with Crippen molar-refractivity contribution in [2.45, 2.75) is 105 Å². The Morgan fingerprint density at radius 3 is 1.51 bits per heavy atom. The van der Waals surface area contributed by atoms with Gasteiger partial charge in [-0.05, 0) is 31.1 Å². The monoisotopic (exact) mass is 552 g/mol.